The van der Waals surface area contributed by atoms with Gasteiger partial charge in [-0.05, 0) is 60.0 Å². The molecule has 7 nitrogen and oxygen atoms in total. The lowest BCUT2D eigenvalue weighted by Crippen LogP contribution is -2.15. The molecule has 0 fully saturated rings. The first-order chi connectivity index (χ1) is 18.1. The molecular weight excluding hydrogens is 468 g/mol. The quantitative estimate of drug-likeness (QED) is 0.293. The number of aromatic nitrogens is 1. The lowest BCUT2D eigenvalue weighted by molar-refractivity contribution is 0.111. The van der Waals surface area contributed by atoms with Crippen LogP contribution >= 0.6 is 0 Å². The third-order valence-corrected chi connectivity index (χ3v) is 6.13. The normalized spacial score (nSPS) is 11.9. The van der Waals surface area contributed by atoms with E-state index >= 15 is 0 Å². The molecule has 3 aromatic carbocycles. The van der Waals surface area contributed by atoms with Crippen molar-refractivity contribution in [3.63, 3.8) is 0 Å². The molecular formula is C30H24N2O5. The molecule has 0 aliphatic carbocycles. The highest BCUT2D eigenvalue weighted by Crippen LogP contribution is 2.36. The van der Waals surface area contributed by atoms with Gasteiger partial charge in [-0.15, -0.1) is 0 Å². The van der Waals surface area contributed by atoms with Crippen LogP contribution in [0.5, 0.6) is 23.0 Å². The third kappa shape index (κ3) is 5.39. The Labute approximate surface area is 214 Å². The first kappa shape index (κ1) is 23.9. The summed E-state index contributed by atoms with van der Waals surface area (Å²) in [5.74, 6) is 2.45. The number of benzene rings is 3. The fraction of sp³-hybridized carbons (Fsp3) is 0.167. The summed E-state index contributed by atoms with van der Waals surface area (Å²) in [4.78, 5) is 16.0. The fourth-order valence-corrected chi connectivity index (χ4v) is 4.10. The summed E-state index contributed by atoms with van der Waals surface area (Å²) in [6.07, 6.45) is 4.36. The van der Waals surface area contributed by atoms with Crippen molar-refractivity contribution in [1.29, 1.82) is 5.26 Å². The summed E-state index contributed by atoms with van der Waals surface area (Å²) >= 11 is 0. The molecule has 0 saturated heterocycles. The first-order valence-electron chi connectivity index (χ1n) is 11.8. The monoisotopic (exact) mass is 492 g/mol. The highest BCUT2D eigenvalue weighted by Gasteiger charge is 2.15. The van der Waals surface area contributed by atoms with Crippen molar-refractivity contribution in [2.75, 3.05) is 13.2 Å². The largest absolute Gasteiger partial charge is 0.489 e. The van der Waals surface area contributed by atoms with Gasteiger partial charge < -0.3 is 18.9 Å². The fourth-order valence-electron chi connectivity index (χ4n) is 4.10. The molecule has 0 saturated carbocycles. The summed E-state index contributed by atoms with van der Waals surface area (Å²) in [5.41, 5.74) is 5.76. The van der Waals surface area contributed by atoms with E-state index in [1.807, 2.05) is 37.4 Å². The van der Waals surface area contributed by atoms with Crippen LogP contribution in [0.1, 0.15) is 32.6 Å². The zero-order valence-corrected chi connectivity index (χ0v) is 20.3. The molecule has 0 atom stereocenters. The Morgan fingerprint density at radius 1 is 0.973 bits per heavy atom. The van der Waals surface area contributed by atoms with Gasteiger partial charge in [0.15, 0.2) is 17.8 Å². The highest BCUT2D eigenvalue weighted by atomic mass is 16.6. The van der Waals surface area contributed by atoms with Gasteiger partial charge in [-0.3, -0.25) is 9.78 Å². The van der Waals surface area contributed by atoms with Crippen LogP contribution in [0, 0.1) is 18.3 Å². The number of pyridine rings is 1. The summed E-state index contributed by atoms with van der Waals surface area (Å²) < 4.78 is 23.3. The molecule has 0 bridgehead atoms. The number of carbonyl (C=O) groups excluding carboxylic acids is 1. The van der Waals surface area contributed by atoms with E-state index in [0.717, 1.165) is 45.6 Å². The van der Waals surface area contributed by atoms with Crippen molar-refractivity contribution in [2.24, 2.45) is 0 Å². The van der Waals surface area contributed by atoms with Gasteiger partial charge in [0.1, 0.15) is 37.9 Å². The zero-order chi connectivity index (χ0) is 25.6. The molecule has 0 unspecified atom stereocenters. The Balaban J connectivity index is 1.31. The number of rotatable bonds is 8. The predicted octanol–water partition coefficient (Wildman–Crippen LogP) is 5.67. The number of hydrogen-bond donors (Lipinski definition) is 0. The molecule has 0 radical (unpaired) electrons. The van der Waals surface area contributed by atoms with Gasteiger partial charge in [0.25, 0.3) is 0 Å². The number of fused-ring (bicyclic) bond motifs is 1. The van der Waals surface area contributed by atoms with Crippen molar-refractivity contribution >= 4 is 6.29 Å². The number of aldehydes is 1. The summed E-state index contributed by atoms with van der Waals surface area (Å²) in [6.45, 7) is 3.63. The molecule has 4 aromatic rings. The maximum absolute atomic E-state index is 11.5. The molecule has 184 valence electrons. The van der Waals surface area contributed by atoms with E-state index in [0.29, 0.717) is 42.4 Å². The number of hydrogen-bond acceptors (Lipinski definition) is 7. The van der Waals surface area contributed by atoms with Crippen LogP contribution in [0.15, 0.2) is 73.1 Å². The van der Waals surface area contributed by atoms with Gasteiger partial charge in [0.2, 0.25) is 0 Å². The summed E-state index contributed by atoms with van der Waals surface area (Å²) in [5, 5.41) is 9.10. The second-order valence-electron chi connectivity index (χ2n) is 8.54. The zero-order valence-electron chi connectivity index (χ0n) is 20.3. The van der Waals surface area contributed by atoms with Gasteiger partial charge in [-0.2, -0.15) is 5.26 Å². The van der Waals surface area contributed by atoms with E-state index in [1.54, 1.807) is 42.6 Å². The van der Waals surface area contributed by atoms with E-state index in [2.05, 4.69) is 11.1 Å². The molecule has 0 spiro atoms. The molecule has 1 aliphatic rings. The van der Waals surface area contributed by atoms with Crippen molar-refractivity contribution < 1.29 is 23.7 Å². The van der Waals surface area contributed by atoms with Crippen molar-refractivity contribution in [3.8, 4) is 40.2 Å². The van der Waals surface area contributed by atoms with Crippen molar-refractivity contribution in [2.45, 2.75) is 20.1 Å². The Bertz CT molecular complexity index is 1490. The van der Waals surface area contributed by atoms with Crippen LogP contribution in [0.4, 0.5) is 0 Å². The average Bonchev–Trinajstić information content (AvgIpc) is 2.95. The Kier molecular flexibility index (Phi) is 7.00. The van der Waals surface area contributed by atoms with E-state index in [1.165, 1.54) is 0 Å². The smallest absolute Gasteiger partial charge is 0.161 e. The van der Waals surface area contributed by atoms with Crippen LogP contribution in [-0.4, -0.2) is 24.5 Å². The SMILES string of the molecule is Cc1c(COc2ccc(C=O)c(OCc3cccc(C#N)c3)c2)cncc1-c1ccc2c(c1)OCCO2. The number of carbonyl (C=O) groups is 1. The average molecular weight is 493 g/mol. The third-order valence-electron chi connectivity index (χ3n) is 6.13. The molecule has 37 heavy (non-hydrogen) atoms. The van der Waals surface area contributed by atoms with Gasteiger partial charge in [0, 0.05) is 29.6 Å². The Morgan fingerprint density at radius 2 is 1.84 bits per heavy atom. The van der Waals surface area contributed by atoms with Gasteiger partial charge in [-0.25, -0.2) is 0 Å². The predicted molar refractivity (Wildman–Crippen MR) is 137 cm³/mol. The maximum atomic E-state index is 11.5. The van der Waals surface area contributed by atoms with Crippen LogP contribution in [0.3, 0.4) is 0 Å². The van der Waals surface area contributed by atoms with Crippen LogP contribution in [-0.2, 0) is 13.2 Å². The lowest BCUT2D eigenvalue weighted by Gasteiger charge is -2.19. The maximum Gasteiger partial charge on any atom is 0.161 e. The van der Waals surface area contributed by atoms with Crippen LogP contribution < -0.4 is 18.9 Å². The number of nitrogens with zero attached hydrogens (tertiary/aromatic N) is 2. The highest BCUT2D eigenvalue weighted by molar-refractivity contribution is 5.79. The Hall–Kier alpha value is -4.83. The number of nitriles is 1. The molecule has 7 heteroatoms. The second kappa shape index (κ2) is 10.8. The van der Waals surface area contributed by atoms with Crippen LogP contribution in [0.2, 0.25) is 0 Å². The molecule has 1 aliphatic heterocycles. The first-order valence-corrected chi connectivity index (χ1v) is 11.8. The molecule has 0 amide bonds. The van der Waals surface area contributed by atoms with Crippen molar-refractivity contribution in [3.05, 3.63) is 101 Å². The van der Waals surface area contributed by atoms with Crippen LogP contribution in [0.25, 0.3) is 11.1 Å². The standard InChI is InChI=1S/C30H24N2O5/c1-20-25(15-32-16-27(20)23-6-8-28-30(12-23)35-10-9-34-28)19-36-26-7-5-24(17-33)29(13-26)37-18-22-4-2-3-21(11-22)14-31/h2-8,11-13,15-17H,9-10,18-19H2,1H3. The summed E-state index contributed by atoms with van der Waals surface area (Å²) in [6, 6.07) is 20.2. The van der Waals surface area contributed by atoms with Gasteiger partial charge in [0.05, 0.1) is 17.2 Å². The topological polar surface area (TPSA) is 90.7 Å². The lowest BCUT2D eigenvalue weighted by atomic mass is 9.99. The molecule has 2 heterocycles. The summed E-state index contributed by atoms with van der Waals surface area (Å²) in [7, 11) is 0. The number of ether oxygens (including phenoxy) is 4. The van der Waals surface area contributed by atoms with Crippen molar-refractivity contribution in [1.82, 2.24) is 4.98 Å². The van der Waals surface area contributed by atoms with Gasteiger partial charge >= 0.3 is 0 Å². The molecule has 5 rings (SSSR count). The second-order valence-corrected chi connectivity index (χ2v) is 8.54. The minimum Gasteiger partial charge on any atom is -0.489 e. The van der Waals surface area contributed by atoms with E-state index < -0.39 is 0 Å². The van der Waals surface area contributed by atoms with E-state index in [9.17, 15) is 4.79 Å². The minimum atomic E-state index is 0.223. The minimum absolute atomic E-state index is 0.223. The van der Waals surface area contributed by atoms with E-state index in [-0.39, 0.29) is 6.61 Å². The molecule has 0 N–H and O–H groups in total. The van der Waals surface area contributed by atoms with E-state index in [4.69, 9.17) is 24.2 Å². The Morgan fingerprint density at radius 3 is 2.68 bits per heavy atom. The van der Waals surface area contributed by atoms with Gasteiger partial charge in [-0.1, -0.05) is 18.2 Å². The molecule has 1 aromatic heterocycles.